The summed E-state index contributed by atoms with van der Waals surface area (Å²) in [6.07, 6.45) is 0.909. The lowest BCUT2D eigenvalue weighted by Crippen LogP contribution is -2.17. The van der Waals surface area contributed by atoms with Crippen LogP contribution >= 0.6 is 0 Å². The molecule has 3 nitrogen and oxygen atoms in total. The first-order valence-electron chi connectivity index (χ1n) is 4.63. The molecule has 0 aromatic heterocycles. The highest BCUT2D eigenvalue weighted by Crippen LogP contribution is 2.06. The average Bonchev–Trinajstić information content (AvgIpc) is 2.06. The third-order valence-electron chi connectivity index (χ3n) is 1.94. The highest BCUT2D eigenvalue weighted by Gasteiger charge is 2.01. The van der Waals surface area contributed by atoms with E-state index < -0.39 is 5.97 Å². The number of carbonyl (C=O) groups is 1. The highest BCUT2D eigenvalue weighted by molar-refractivity contribution is 5.70. The second-order valence-corrected chi connectivity index (χ2v) is 3.57. The number of hydrogen-bond acceptors (Lipinski definition) is 2. The monoisotopic (exact) mass is 193 g/mol. The Balaban J connectivity index is 2.63. The van der Waals surface area contributed by atoms with E-state index in [-0.39, 0.29) is 12.5 Å². The molecule has 1 aromatic rings. The molecule has 0 heterocycles. The summed E-state index contributed by atoms with van der Waals surface area (Å²) in [5, 5.41) is 8.56. The first-order valence-corrected chi connectivity index (χ1v) is 4.63. The van der Waals surface area contributed by atoms with Crippen molar-refractivity contribution in [3.05, 3.63) is 35.4 Å². The molecule has 0 aliphatic carbocycles. The molecule has 14 heavy (non-hydrogen) atoms. The van der Waals surface area contributed by atoms with Crippen molar-refractivity contribution in [1.82, 2.24) is 0 Å². The summed E-state index contributed by atoms with van der Waals surface area (Å²) >= 11 is 0. The van der Waals surface area contributed by atoms with E-state index in [9.17, 15) is 4.79 Å². The van der Waals surface area contributed by atoms with E-state index in [1.165, 1.54) is 0 Å². The summed E-state index contributed by atoms with van der Waals surface area (Å²) in [7, 11) is 0. The predicted octanol–water partition coefficient (Wildman–Crippen LogP) is 1.20. The van der Waals surface area contributed by atoms with Crippen LogP contribution in [0.5, 0.6) is 0 Å². The summed E-state index contributed by atoms with van der Waals surface area (Å²) in [4.78, 5) is 10.4. The lowest BCUT2D eigenvalue weighted by Gasteiger charge is -2.05. The minimum Gasteiger partial charge on any atom is -0.481 e. The summed E-state index contributed by atoms with van der Waals surface area (Å²) in [5.41, 5.74) is 7.62. The summed E-state index contributed by atoms with van der Waals surface area (Å²) in [6.45, 7) is 1.95. The van der Waals surface area contributed by atoms with Gasteiger partial charge in [-0.05, 0) is 24.5 Å². The molecular weight excluding hydrogens is 178 g/mol. The number of nitrogens with two attached hydrogens (primary N) is 1. The quantitative estimate of drug-likeness (QED) is 0.755. The van der Waals surface area contributed by atoms with E-state index >= 15 is 0 Å². The molecule has 0 aliphatic rings. The molecule has 1 unspecified atom stereocenters. The topological polar surface area (TPSA) is 63.3 Å². The maximum atomic E-state index is 10.4. The van der Waals surface area contributed by atoms with Crippen LogP contribution in [0.25, 0.3) is 0 Å². The van der Waals surface area contributed by atoms with Gasteiger partial charge >= 0.3 is 5.97 Å². The molecule has 3 heteroatoms. The number of aliphatic carboxylic acids is 1. The smallest absolute Gasteiger partial charge is 0.307 e. The van der Waals surface area contributed by atoms with Crippen LogP contribution < -0.4 is 5.73 Å². The zero-order chi connectivity index (χ0) is 10.6. The minimum atomic E-state index is -0.801. The van der Waals surface area contributed by atoms with Gasteiger partial charge in [-0.15, -0.1) is 0 Å². The van der Waals surface area contributed by atoms with E-state index in [2.05, 4.69) is 0 Å². The maximum absolute atomic E-state index is 10.4. The Labute approximate surface area is 83.6 Å². The largest absolute Gasteiger partial charge is 0.481 e. The zero-order valence-electron chi connectivity index (χ0n) is 8.23. The van der Waals surface area contributed by atoms with Crippen molar-refractivity contribution in [2.45, 2.75) is 25.8 Å². The number of hydrogen-bond donors (Lipinski definition) is 2. The predicted molar refractivity (Wildman–Crippen MR) is 55.1 cm³/mol. The van der Waals surface area contributed by atoms with Gasteiger partial charge in [-0.1, -0.05) is 24.3 Å². The standard InChI is InChI=1S/C11H15NO2/c1-8(12)6-9-2-4-10(5-3-9)7-11(13)14/h2-5,8H,6-7,12H2,1H3,(H,13,14). The molecular formula is C11H15NO2. The van der Waals surface area contributed by atoms with Crippen molar-refractivity contribution in [3.8, 4) is 0 Å². The second kappa shape index (κ2) is 4.77. The normalized spacial score (nSPS) is 12.4. The van der Waals surface area contributed by atoms with Gasteiger partial charge in [-0.2, -0.15) is 0 Å². The van der Waals surface area contributed by atoms with Crippen LogP contribution in [0.2, 0.25) is 0 Å². The second-order valence-electron chi connectivity index (χ2n) is 3.57. The number of carboxylic acids is 1. The van der Waals surface area contributed by atoms with Crippen LogP contribution in [-0.4, -0.2) is 17.1 Å². The molecule has 0 saturated carbocycles. The van der Waals surface area contributed by atoms with E-state index in [4.69, 9.17) is 10.8 Å². The van der Waals surface area contributed by atoms with E-state index in [0.29, 0.717) is 0 Å². The van der Waals surface area contributed by atoms with Crippen molar-refractivity contribution < 1.29 is 9.90 Å². The Bertz CT molecular complexity index is 304. The third-order valence-corrected chi connectivity index (χ3v) is 1.94. The van der Waals surface area contributed by atoms with Crippen LogP contribution in [0.4, 0.5) is 0 Å². The van der Waals surface area contributed by atoms with Crippen LogP contribution in [0, 0.1) is 0 Å². The third kappa shape index (κ3) is 3.58. The van der Waals surface area contributed by atoms with Crippen molar-refractivity contribution in [2.24, 2.45) is 5.73 Å². The molecule has 1 rings (SSSR count). The Kier molecular flexibility index (Phi) is 3.65. The first kappa shape index (κ1) is 10.7. The molecule has 0 fully saturated rings. The number of rotatable bonds is 4. The minimum absolute atomic E-state index is 0.0818. The Morgan fingerprint density at radius 1 is 1.36 bits per heavy atom. The van der Waals surface area contributed by atoms with E-state index in [1.807, 2.05) is 31.2 Å². The van der Waals surface area contributed by atoms with Crippen LogP contribution in [-0.2, 0) is 17.6 Å². The lowest BCUT2D eigenvalue weighted by molar-refractivity contribution is -0.136. The molecule has 0 bridgehead atoms. The maximum Gasteiger partial charge on any atom is 0.307 e. The molecule has 3 N–H and O–H groups in total. The fourth-order valence-corrected chi connectivity index (χ4v) is 1.34. The molecule has 1 atom stereocenters. The van der Waals surface area contributed by atoms with Gasteiger partial charge in [0.1, 0.15) is 0 Å². The van der Waals surface area contributed by atoms with Gasteiger partial charge in [0.2, 0.25) is 0 Å². The molecule has 0 saturated heterocycles. The van der Waals surface area contributed by atoms with Gasteiger partial charge in [-0.25, -0.2) is 0 Å². The Morgan fingerprint density at radius 2 is 1.86 bits per heavy atom. The molecule has 1 aromatic carbocycles. The van der Waals surface area contributed by atoms with Gasteiger partial charge in [0.05, 0.1) is 6.42 Å². The van der Waals surface area contributed by atoms with Gasteiger partial charge in [0.25, 0.3) is 0 Å². The number of carboxylic acid groups (broad SMARTS) is 1. The lowest BCUT2D eigenvalue weighted by atomic mass is 10.0. The Hall–Kier alpha value is -1.35. The van der Waals surface area contributed by atoms with Gasteiger partial charge in [-0.3, -0.25) is 4.79 Å². The molecule has 0 aliphatic heterocycles. The SMILES string of the molecule is CC(N)Cc1ccc(CC(=O)O)cc1. The zero-order valence-corrected chi connectivity index (χ0v) is 8.23. The first-order chi connectivity index (χ1) is 6.58. The molecule has 76 valence electrons. The molecule has 0 spiro atoms. The molecule has 0 radical (unpaired) electrons. The average molecular weight is 193 g/mol. The van der Waals surface area contributed by atoms with Crippen molar-refractivity contribution >= 4 is 5.97 Å². The van der Waals surface area contributed by atoms with Gasteiger partial charge in [0.15, 0.2) is 0 Å². The van der Waals surface area contributed by atoms with Gasteiger partial charge < -0.3 is 10.8 Å². The fourth-order valence-electron chi connectivity index (χ4n) is 1.34. The summed E-state index contributed by atoms with van der Waals surface area (Å²) in [6, 6.07) is 7.68. The van der Waals surface area contributed by atoms with Crippen LogP contribution in [0.15, 0.2) is 24.3 Å². The van der Waals surface area contributed by atoms with E-state index in [0.717, 1.165) is 17.5 Å². The van der Waals surface area contributed by atoms with Crippen molar-refractivity contribution in [1.29, 1.82) is 0 Å². The van der Waals surface area contributed by atoms with Crippen molar-refractivity contribution in [2.75, 3.05) is 0 Å². The van der Waals surface area contributed by atoms with Crippen molar-refractivity contribution in [3.63, 3.8) is 0 Å². The summed E-state index contributed by atoms with van der Waals surface area (Å²) < 4.78 is 0. The van der Waals surface area contributed by atoms with Crippen LogP contribution in [0.3, 0.4) is 0 Å². The van der Waals surface area contributed by atoms with Crippen LogP contribution in [0.1, 0.15) is 18.1 Å². The van der Waals surface area contributed by atoms with Gasteiger partial charge in [0, 0.05) is 6.04 Å². The summed E-state index contributed by atoms with van der Waals surface area (Å²) in [5.74, 6) is -0.801. The molecule has 0 amide bonds. The number of benzene rings is 1. The highest BCUT2D eigenvalue weighted by atomic mass is 16.4. The Morgan fingerprint density at radius 3 is 2.29 bits per heavy atom. The van der Waals surface area contributed by atoms with E-state index in [1.54, 1.807) is 0 Å². The fraction of sp³-hybridized carbons (Fsp3) is 0.364.